The fraction of sp³-hybridized carbons (Fsp3) is 0.500. The number of nitrogens with zero attached hydrogens (tertiary/aromatic N) is 3. The standard InChI is InChI=1S/C14H19N5O2/c1-9-8-13(20)17-14(15-9)19-12(7-10(2)18-19)16-11-3-5-21-6-4-11/h7-8,11,16H,3-6H2,1-2H3,(H,15,17,20). The minimum Gasteiger partial charge on any atom is -0.381 e. The highest BCUT2D eigenvalue weighted by atomic mass is 16.5. The molecule has 7 nitrogen and oxygen atoms in total. The highest BCUT2D eigenvalue weighted by Gasteiger charge is 2.17. The lowest BCUT2D eigenvalue weighted by Gasteiger charge is -2.24. The Morgan fingerprint density at radius 3 is 2.76 bits per heavy atom. The van der Waals surface area contributed by atoms with E-state index in [0.29, 0.717) is 17.7 Å². The minimum atomic E-state index is -0.178. The van der Waals surface area contributed by atoms with Gasteiger partial charge in [0, 0.05) is 37.1 Å². The van der Waals surface area contributed by atoms with E-state index in [0.717, 1.165) is 37.6 Å². The van der Waals surface area contributed by atoms with Crippen molar-refractivity contribution < 1.29 is 4.74 Å². The molecular weight excluding hydrogens is 270 g/mol. The van der Waals surface area contributed by atoms with E-state index < -0.39 is 0 Å². The van der Waals surface area contributed by atoms with Gasteiger partial charge in [-0.1, -0.05) is 0 Å². The fourth-order valence-corrected chi connectivity index (χ4v) is 2.48. The average Bonchev–Trinajstić information content (AvgIpc) is 2.80. The summed E-state index contributed by atoms with van der Waals surface area (Å²) in [5, 5.41) is 7.88. The van der Waals surface area contributed by atoms with Crippen molar-refractivity contribution in [2.45, 2.75) is 32.7 Å². The zero-order chi connectivity index (χ0) is 14.8. The van der Waals surface area contributed by atoms with Gasteiger partial charge in [0.2, 0.25) is 5.95 Å². The Morgan fingerprint density at radius 1 is 1.29 bits per heavy atom. The molecule has 1 aliphatic heterocycles. The number of H-pyrrole nitrogens is 1. The molecule has 2 N–H and O–H groups in total. The molecule has 3 rings (SSSR count). The molecular formula is C14H19N5O2. The van der Waals surface area contributed by atoms with Crippen LogP contribution in [0.3, 0.4) is 0 Å². The van der Waals surface area contributed by atoms with Gasteiger partial charge in [-0.3, -0.25) is 9.78 Å². The van der Waals surface area contributed by atoms with Crippen molar-refractivity contribution in [3.8, 4) is 5.95 Å². The predicted octanol–water partition coefficient (Wildman–Crippen LogP) is 1.16. The smallest absolute Gasteiger partial charge is 0.252 e. The van der Waals surface area contributed by atoms with E-state index in [4.69, 9.17) is 4.74 Å². The lowest BCUT2D eigenvalue weighted by Crippen LogP contribution is -2.29. The van der Waals surface area contributed by atoms with Crippen LogP contribution in [0.4, 0.5) is 5.82 Å². The number of aryl methyl sites for hydroxylation is 2. The summed E-state index contributed by atoms with van der Waals surface area (Å²) in [4.78, 5) is 18.7. The van der Waals surface area contributed by atoms with Crippen molar-refractivity contribution in [1.29, 1.82) is 0 Å². The van der Waals surface area contributed by atoms with Crippen molar-refractivity contribution in [1.82, 2.24) is 19.7 Å². The Balaban J connectivity index is 1.93. The predicted molar refractivity (Wildman–Crippen MR) is 78.9 cm³/mol. The van der Waals surface area contributed by atoms with Gasteiger partial charge in [0.05, 0.1) is 5.69 Å². The van der Waals surface area contributed by atoms with Gasteiger partial charge >= 0.3 is 0 Å². The van der Waals surface area contributed by atoms with E-state index >= 15 is 0 Å². The van der Waals surface area contributed by atoms with Crippen LogP contribution in [-0.2, 0) is 4.74 Å². The second kappa shape index (κ2) is 5.69. The van der Waals surface area contributed by atoms with Gasteiger partial charge in [-0.25, -0.2) is 4.98 Å². The molecule has 0 bridgehead atoms. The van der Waals surface area contributed by atoms with Crippen LogP contribution in [0.25, 0.3) is 5.95 Å². The molecule has 1 fully saturated rings. The van der Waals surface area contributed by atoms with E-state index in [-0.39, 0.29) is 5.56 Å². The normalized spacial score (nSPS) is 16.1. The molecule has 0 radical (unpaired) electrons. The summed E-state index contributed by atoms with van der Waals surface area (Å²) in [6, 6.07) is 3.77. The molecule has 3 heterocycles. The van der Waals surface area contributed by atoms with Gasteiger partial charge in [-0.2, -0.15) is 9.78 Å². The molecule has 0 unspecified atom stereocenters. The van der Waals surface area contributed by atoms with Crippen LogP contribution in [0.15, 0.2) is 16.9 Å². The molecule has 0 aromatic carbocycles. The van der Waals surface area contributed by atoms with Crippen LogP contribution in [0.1, 0.15) is 24.2 Å². The molecule has 2 aromatic heterocycles. The quantitative estimate of drug-likeness (QED) is 0.886. The molecule has 1 saturated heterocycles. The highest BCUT2D eigenvalue weighted by Crippen LogP contribution is 2.18. The number of aromatic amines is 1. The Labute approximate surface area is 122 Å². The number of hydrogen-bond acceptors (Lipinski definition) is 5. The van der Waals surface area contributed by atoms with Gasteiger partial charge in [-0.15, -0.1) is 0 Å². The van der Waals surface area contributed by atoms with Crippen LogP contribution in [0.2, 0.25) is 0 Å². The van der Waals surface area contributed by atoms with E-state index in [1.165, 1.54) is 6.07 Å². The van der Waals surface area contributed by atoms with Gasteiger partial charge < -0.3 is 10.1 Å². The first-order chi connectivity index (χ1) is 10.1. The third kappa shape index (κ3) is 3.13. The molecule has 1 aliphatic rings. The van der Waals surface area contributed by atoms with Crippen LogP contribution < -0.4 is 10.9 Å². The van der Waals surface area contributed by atoms with Gasteiger partial charge in [0.15, 0.2) is 0 Å². The maximum Gasteiger partial charge on any atom is 0.252 e. The van der Waals surface area contributed by atoms with Crippen molar-refractivity contribution in [3.05, 3.63) is 33.9 Å². The third-order valence-electron chi connectivity index (χ3n) is 3.46. The summed E-state index contributed by atoms with van der Waals surface area (Å²) in [6.45, 7) is 5.24. The van der Waals surface area contributed by atoms with E-state index in [1.807, 2.05) is 13.0 Å². The number of nitrogens with one attached hydrogen (secondary N) is 2. The zero-order valence-electron chi connectivity index (χ0n) is 12.2. The largest absolute Gasteiger partial charge is 0.381 e. The van der Waals surface area contributed by atoms with Crippen LogP contribution in [0, 0.1) is 13.8 Å². The number of ether oxygens (including phenoxy) is 1. The Morgan fingerprint density at radius 2 is 2.05 bits per heavy atom. The van der Waals surface area contributed by atoms with E-state index in [1.54, 1.807) is 11.6 Å². The second-order valence-electron chi connectivity index (χ2n) is 5.32. The number of rotatable bonds is 3. The zero-order valence-corrected chi connectivity index (χ0v) is 12.2. The van der Waals surface area contributed by atoms with Crippen molar-refractivity contribution in [3.63, 3.8) is 0 Å². The summed E-state index contributed by atoms with van der Waals surface area (Å²) in [5.74, 6) is 1.27. The lowest BCUT2D eigenvalue weighted by atomic mass is 10.1. The van der Waals surface area contributed by atoms with Crippen molar-refractivity contribution in [2.75, 3.05) is 18.5 Å². The van der Waals surface area contributed by atoms with Gasteiger partial charge in [0.1, 0.15) is 5.82 Å². The molecule has 0 aliphatic carbocycles. The average molecular weight is 289 g/mol. The fourth-order valence-electron chi connectivity index (χ4n) is 2.48. The Kier molecular flexibility index (Phi) is 3.74. The Bertz CT molecular complexity index is 685. The molecule has 0 spiro atoms. The summed E-state index contributed by atoms with van der Waals surface area (Å²) in [5.41, 5.74) is 1.36. The topological polar surface area (TPSA) is 84.8 Å². The van der Waals surface area contributed by atoms with Crippen LogP contribution >= 0.6 is 0 Å². The molecule has 0 amide bonds. The SMILES string of the molecule is Cc1cc(=O)[nH]c(-n2nc(C)cc2NC2CCOCC2)n1. The van der Waals surface area contributed by atoms with Crippen LogP contribution in [0.5, 0.6) is 0 Å². The summed E-state index contributed by atoms with van der Waals surface area (Å²) >= 11 is 0. The monoisotopic (exact) mass is 289 g/mol. The lowest BCUT2D eigenvalue weighted by molar-refractivity contribution is 0.0903. The van der Waals surface area contributed by atoms with E-state index in [9.17, 15) is 4.79 Å². The van der Waals surface area contributed by atoms with Crippen molar-refractivity contribution in [2.24, 2.45) is 0 Å². The molecule has 112 valence electrons. The number of anilines is 1. The van der Waals surface area contributed by atoms with Crippen LogP contribution in [-0.4, -0.2) is 39.0 Å². The minimum absolute atomic E-state index is 0.178. The summed E-state index contributed by atoms with van der Waals surface area (Å²) < 4.78 is 7.02. The summed E-state index contributed by atoms with van der Waals surface area (Å²) in [6.07, 6.45) is 1.92. The molecule has 21 heavy (non-hydrogen) atoms. The first-order valence-corrected chi connectivity index (χ1v) is 7.11. The molecule has 7 heteroatoms. The first-order valence-electron chi connectivity index (χ1n) is 7.11. The number of aromatic nitrogens is 4. The summed E-state index contributed by atoms with van der Waals surface area (Å²) in [7, 11) is 0. The second-order valence-corrected chi connectivity index (χ2v) is 5.32. The molecule has 2 aromatic rings. The first kappa shape index (κ1) is 13.8. The van der Waals surface area contributed by atoms with E-state index in [2.05, 4.69) is 20.4 Å². The molecule has 0 atom stereocenters. The number of hydrogen-bond donors (Lipinski definition) is 2. The Hall–Kier alpha value is -2.15. The third-order valence-corrected chi connectivity index (χ3v) is 3.46. The maximum absolute atomic E-state index is 11.6. The van der Waals surface area contributed by atoms with Crippen molar-refractivity contribution >= 4 is 5.82 Å². The maximum atomic E-state index is 11.6. The molecule has 0 saturated carbocycles. The van der Waals surface area contributed by atoms with Gasteiger partial charge in [0.25, 0.3) is 5.56 Å². The van der Waals surface area contributed by atoms with Gasteiger partial charge in [-0.05, 0) is 26.7 Å². The highest BCUT2D eigenvalue weighted by molar-refractivity contribution is 5.42.